The minimum atomic E-state index is -0.902. The molecule has 10 heterocycles. The first-order valence-electron chi connectivity index (χ1n) is 35.5. The predicted molar refractivity (Wildman–Crippen MR) is 403 cm³/mol. The Morgan fingerprint density at radius 3 is 1.75 bits per heavy atom. The molecule has 2 saturated heterocycles. The maximum Gasteiger partial charge on any atom is 0.327 e. The second-order valence-electron chi connectivity index (χ2n) is 26.6. The molecule has 2 fully saturated rings. The van der Waals surface area contributed by atoms with Gasteiger partial charge < -0.3 is 39.1 Å². The molecule has 1 unspecified atom stereocenters. The number of piperazine rings is 1. The molecule has 21 nitrogen and oxygen atoms in total. The fourth-order valence-electron chi connectivity index (χ4n) is 13.3. The Labute approximate surface area is 627 Å². The van der Waals surface area contributed by atoms with E-state index < -0.39 is 45.8 Å². The summed E-state index contributed by atoms with van der Waals surface area (Å²) in [5.41, 5.74) is 7.42. The summed E-state index contributed by atoms with van der Waals surface area (Å²) >= 11 is 18.4. The largest absolute Gasteiger partial charge is 0.472 e. The van der Waals surface area contributed by atoms with Gasteiger partial charge in [0.15, 0.2) is 17.5 Å². The molecule has 0 saturated carbocycles. The number of carbonyl (C=O) groups is 2. The lowest BCUT2D eigenvalue weighted by molar-refractivity contribution is 0.0981. The lowest BCUT2D eigenvalue weighted by Gasteiger charge is -2.34. The minimum absolute atomic E-state index is 0.122. The third kappa shape index (κ3) is 17.7. The molecule has 3 amide bonds. The summed E-state index contributed by atoms with van der Waals surface area (Å²) in [7, 11) is 3.99. The van der Waals surface area contributed by atoms with E-state index in [0.29, 0.717) is 83.8 Å². The van der Waals surface area contributed by atoms with Crippen molar-refractivity contribution in [3.8, 4) is 40.3 Å². The van der Waals surface area contributed by atoms with Crippen molar-refractivity contribution in [3.05, 3.63) is 218 Å². The number of benzene rings is 5. The first kappa shape index (κ1) is 74.1. The molecule has 5 aromatic carbocycles. The number of fused-ring (bicyclic) bond motifs is 3. The van der Waals surface area contributed by atoms with Gasteiger partial charge >= 0.3 is 6.03 Å². The van der Waals surface area contributed by atoms with E-state index in [-0.39, 0.29) is 34.9 Å². The molecule has 5 aliphatic heterocycles. The monoisotopic (exact) mass is 1500 g/mol. The molecular weight excluding hydrogens is 1420 g/mol. The van der Waals surface area contributed by atoms with E-state index >= 15 is 0 Å². The zero-order valence-corrected chi connectivity index (χ0v) is 61.4. The number of ether oxygens (including phenoxy) is 3. The fourth-order valence-corrected chi connectivity index (χ4v) is 14.0. The molecule has 0 radical (unpaired) electrons. The highest BCUT2D eigenvalue weighted by Gasteiger charge is 2.33. The van der Waals surface area contributed by atoms with E-state index in [9.17, 15) is 27.2 Å². The quantitative estimate of drug-likeness (QED) is 0.0795. The maximum atomic E-state index is 14.7. The molecule has 15 rings (SSSR count). The summed E-state index contributed by atoms with van der Waals surface area (Å²) in [5, 5.41) is 6.83. The predicted octanol–water partition coefficient (Wildman–Crippen LogP) is 16.8. The van der Waals surface area contributed by atoms with Gasteiger partial charge in [0.1, 0.15) is 47.2 Å². The number of urea groups is 1. The third-order valence-corrected chi connectivity index (χ3v) is 20.2. The van der Waals surface area contributed by atoms with Gasteiger partial charge in [0, 0.05) is 101 Å². The number of rotatable bonds is 14. The van der Waals surface area contributed by atoms with Crippen LogP contribution in [-0.2, 0) is 32.9 Å². The third-order valence-electron chi connectivity index (χ3n) is 19.1. The van der Waals surface area contributed by atoms with E-state index in [1.54, 1.807) is 46.4 Å². The number of nitrogens with one attached hydrogen (secondary N) is 1. The van der Waals surface area contributed by atoms with Gasteiger partial charge in [-0.15, -0.1) is 0 Å². The van der Waals surface area contributed by atoms with Crippen LogP contribution in [0.5, 0.6) is 29.1 Å². The number of pyridine rings is 1. The summed E-state index contributed by atoms with van der Waals surface area (Å²) in [6.07, 6.45) is 19.8. The topological polar surface area (TPSA) is 201 Å². The lowest BCUT2D eigenvalue weighted by atomic mass is 10.1. The summed E-state index contributed by atoms with van der Waals surface area (Å²) in [6, 6.07) is 28.1. The van der Waals surface area contributed by atoms with Crippen LogP contribution in [0, 0.1) is 30.2 Å². The number of halogens is 7. The first-order chi connectivity index (χ1) is 51.4. The molecule has 550 valence electrons. The molecule has 1 N–H and O–H groups in total. The van der Waals surface area contributed by atoms with Crippen molar-refractivity contribution >= 4 is 81.4 Å². The van der Waals surface area contributed by atoms with E-state index in [1.807, 2.05) is 86.7 Å². The van der Waals surface area contributed by atoms with Gasteiger partial charge in [-0.05, 0) is 182 Å². The number of likely N-dealkylation sites (N-methyl/N-ethyl adjacent to an activating group) is 1. The second kappa shape index (κ2) is 33.9. The molecule has 10 aromatic rings. The van der Waals surface area contributed by atoms with Crippen LogP contribution in [0.15, 0.2) is 140 Å². The summed E-state index contributed by atoms with van der Waals surface area (Å²) in [5.74, 6) is 0.757. The van der Waals surface area contributed by atoms with E-state index in [1.165, 1.54) is 23.9 Å². The molecular formula is C78H79Cl3F4N16O5. The van der Waals surface area contributed by atoms with Crippen LogP contribution in [0.3, 0.4) is 0 Å². The number of anilines is 6. The number of carbonyl (C=O) groups excluding carboxylic acids is 2. The van der Waals surface area contributed by atoms with Gasteiger partial charge in [-0.1, -0.05) is 59.1 Å². The Balaban J connectivity index is 0.000000141. The van der Waals surface area contributed by atoms with Gasteiger partial charge in [-0.2, -0.15) is 20.1 Å². The summed E-state index contributed by atoms with van der Waals surface area (Å²) in [4.78, 5) is 70.5. The molecule has 106 heavy (non-hydrogen) atoms. The minimum Gasteiger partial charge on any atom is -0.472 e. The zero-order chi connectivity index (χ0) is 74.0. The Morgan fingerprint density at radius 2 is 1.10 bits per heavy atom. The molecule has 5 aliphatic rings. The van der Waals surface area contributed by atoms with Crippen LogP contribution in [-0.4, -0.2) is 127 Å². The first-order valence-corrected chi connectivity index (χ1v) is 36.6. The van der Waals surface area contributed by atoms with Crippen molar-refractivity contribution in [2.24, 2.45) is 7.05 Å². The van der Waals surface area contributed by atoms with E-state index in [2.05, 4.69) is 74.2 Å². The van der Waals surface area contributed by atoms with E-state index in [0.717, 1.165) is 154 Å². The van der Waals surface area contributed by atoms with Crippen LogP contribution >= 0.6 is 34.8 Å². The highest BCUT2D eigenvalue weighted by Crippen LogP contribution is 2.39. The molecule has 0 bridgehead atoms. The zero-order valence-electron chi connectivity index (χ0n) is 59.1. The van der Waals surface area contributed by atoms with Crippen molar-refractivity contribution in [1.29, 1.82) is 0 Å². The van der Waals surface area contributed by atoms with Crippen LogP contribution in [0.4, 0.5) is 57.0 Å². The van der Waals surface area contributed by atoms with Crippen molar-refractivity contribution < 1.29 is 41.4 Å². The number of hydrogen-bond donors (Lipinski definition) is 1. The Kier molecular flexibility index (Phi) is 23.7. The average Bonchev–Trinajstić information content (AvgIpc) is 1.71. The summed E-state index contributed by atoms with van der Waals surface area (Å²) < 4.78 is 77.0. The average molecular weight is 1500 g/mol. The highest BCUT2D eigenvalue weighted by molar-refractivity contribution is 6.35. The molecule has 0 spiro atoms. The Hall–Kier alpha value is -10.2. The molecule has 0 aliphatic carbocycles. The van der Waals surface area contributed by atoms with Crippen molar-refractivity contribution in [1.82, 2.24) is 49.6 Å². The van der Waals surface area contributed by atoms with Crippen LogP contribution in [0.2, 0.25) is 15.1 Å². The SMILES string of the molecule is CC(c1c(F)ccc(F)c1Cl)N1CCCCc2ncc(Oc3ccc(N4CCN(C)CC4)cc3)nc21.Cc1ccc(Cl)c(NC(=O)N2CCCCc3ncc(OCc4ccc(N5CCCC5)nc4)nc32)c1.Cn1cc(-c2ccc(Oc3cnc4c(n3)N(C(=O)c3c(F)ccc(F)c3Cl)CCCC4)cc2)cn1. The number of hydrogen-bond acceptors (Lipinski definition) is 17. The van der Waals surface area contributed by atoms with Gasteiger partial charge in [0.2, 0.25) is 17.6 Å². The van der Waals surface area contributed by atoms with Gasteiger partial charge in [-0.25, -0.2) is 27.3 Å². The second-order valence-corrected chi connectivity index (χ2v) is 27.8. The maximum absolute atomic E-state index is 14.7. The Bertz CT molecular complexity index is 4760. The van der Waals surface area contributed by atoms with E-state index in [4.69, 9.17) is 54.0 Å². The number of aromatic nitrogens is 9. The summed E-state index contributed by atoms with van der Waals surface area (Å²) in [6.45, 7) is 11.7. The van der Waals surface area contributed by atoms with Gasteiger partial charge in [0.05, 0.1) is 74.2 Å². The standard InChI is InChI=1S/C27H30ClF2N5O.C26H29ClN6O2.C25H20ClF2N5O2/c1-18(25-21(29)10-11-22(30)26(25)28)35-12-4-3-5-23-27(35)32-24(17-31-23)36-20-8-6-19(7-9-20)34-15-13-33(2)14-16-34;1-18-7-9-20(27)22(14-18)30-26(34)33-13-3-2-6-21-25(33)31-24(16-28-21)35-17-19-8-10-23(29-15-19)32-11-4-5-12-32;1-32-14-16(12-30-32)15-5-7-17(8-6-15)35-21-13-29-20-4-2-3-11-33(24(20)31-21)25(34)22-18(27)9-10-19(28)23(22)26/h6-11,17-18H,3-5,12-16H2,1-2H3;7-10,14-16H,2-6,11-13,17H2,1H3,(H,30,34);5-10,12-14H,2-4,11H2,1H3. The number of amides is 3. The molecule has 1 atom stereocenters. The van der Waals surface area contributed by atoms with Gasteiger partial charge in [0.25, 0.3) is 5.91 Å². The number of aryl methyl sites for hydroxylation is 5. The fraction of sp³-hybridized carbons (Fsp3) is 0.333. The van der Waals surface area contributed by atoms with Crippen LogP contribution < -0.4 is 44.0 Å². The Morgan fingerprint density at radius 1 is 0.538 bits per heavy atom. The molecule has 5 aromatic heterocycles. The number of nitrogens with zero attached hydrogens (tertiary/aromatic N) is 15. The van der Waals surface area contributed by atoms with Gasteiger partial charge in [-0.3, -0.25) is 34.2 Å². The van der Waals surface area contributed by atoms with Crippen molar-refractivity contribution in [2.45, 2.75) is 97.1 Å². The smallest absolute Gasteiger partial charge is 0.327 e. The van der Waals surface area contributed by atoms with Crippen molar-refractivity contribution in [3.63, 3.8) is 0 Å². The molecule has 28 heteroatoms. The highest BCUT2D eigenvalue weighted by atomic mass is 35.5. The normalized spacial score (nSPS) is 15.4. The van der Waals surface area contributed by atoms with Crippen LogP contribution in [0.1, 0.15) is 108 Å². The van der Waals surface area contributed by atoms with Crippen LogP contribution in [0.25, 0.3) is 11.1 Å². The lowest BCUT2D eigenvalue weighted by Crippen LogP contribution is -2.44. The van der Waals surface area contributed by atoms with Crippen molar-refractivity contribution in [2.75, 3.05) is 95.8 Å².